The molecular formula is C16H32N4O2. The van der Waals surface area contributed by atoms with E-state index in [-0.39, 0.29) is 5.91 Å². The van der Waals surface area contributed by atoms with Crippen molar-refractivity contribution < 1.29 is 9.53 Å². The van der Waals surface area contributed by atoms with E-state index in [4.69, 9.17) is 4.74 Å². The smallest absolute Gasteiger partial charge is 0.222 e. The average Bonchev–Trinajstić information content (AvgIpc) is 3.00. The predicted octanol–water partition coefficient (Wildman–Crippen LogP) is 1.37. The molecule has 1 unspecified atom stereocenters. The molecule has 1 aliphatic rings. The second-order valence-corrected chi connectivity index (χ2v) is 5.64. The summed E-state index contributed by atoms with van der Waals surface area (Å²) in [5.41, 5.74) is 0. The molecule has 2 N–H and O–H groups in total. The molecule has 1 amide bonds. The van der Waals surface area contributed by atoms with Crippen LogP contribution in [0.1, 0.15) is 46.0 Å². The van der Waals surface area contributed by atoms with E-state index in [1.165, 1.54) is 6.42 Å². The molecule has 0 aromatic rings. The van der Waals surface area contributed by atoms with E-state index in [0.29, 0.717) is 12.5 Å². The third-order valence-electron chi connectivity index (χ3n) is 3.81. The number of carbonyl (C=O) groups excluding carboxylic acids is 1. The van der Waals surface area contributed by atoms with Crippen LogP contribution in [-0.2, 0) is 9.53 Å². The summed E-state index contributed by atoms with van der Waals surface area (Å²) in [6.45, 7) is 8.17. The van der Waals surface area contributed by atoms with Crippen molar-refractivity contribution in [2.45, 2.75) is 52.0 Å². The molecule has 128 valence electrons. The van der Waals surface area contributed by atoms with Gasteiger partial charge < -0.3 is 20.3 Å². The number of hydrogen-bond donors (Lipinski definition) is 2. The number of ether oxygens (including phenoxy) is 1. The van der Waals surface area contributed by atoms with Crippen LogP contribution in [0.4, 0.5) is 0 Å². The lowest BCUT2D eigenvalue weighted by molar-refractivity contribution is -0.129. The molecule has 0 aromatic carbocycles. The average molecular weight is 312 g/mol. The Hall–Kier alpha value is -1.30. The van der Waals surface area contributed by atoms with Crippen molar-refractivity contribution in [2.24, 2.45) is 4.99 Å². The third kappa shape index (κ3) is 7.11. The fraction of sp³-hybridized carbons (Fsp3) is 0.875. The molecule has 0 spiro atoms. The van der Waals surface area contributed by atoms with Crippen molar-refractivity contribution in [1.82, 2.24) is 15.5 Å². The highest BCUT2D eigenvalue weighted by Crippen LogP contribution is 2.10. The number of aliphatic imine (C=N–C) groups is 1. The van der Waals surface area contributed by atoms with Gasteiger partial charge in [0.05, 0.1) is 0 Å². The molecular weight excluding hydrogens is 280 g/mol. The van der Waals surface area contributed by atoms with Crippen LogP contribution in [-0.4, -0.2) is 62.7 Å². The van der Waals surface area contributed by atoms with Gasteiger partial charge in [0.2, 0.25) is 5.91 Å². The topological polar surface area (TPSA) is 66.0 Å². The number of likely N-dealkylation sites (tertiary alicyclic amines) is 1. The Labute approximate surface area is 134 Å². The van der Waals surface area contributed by atoms with Crippen molar-refractivity contribution in [2.75, 3.05) is 39.9 Å². The maximum atomic E-state index is 11.7. The Morgan fingerprint density at radius 2 is 2.09 bits per heavy atom. The molecule has 1 saturated heterocycles. The Balaban J connectivity index is 2.14. The standard InChI is InChI=1S/C16H32N4O2/c1-4-6-11-22-12-7-9-18-16(17-3)19-14-8-10-20(13-14)15(21)5-2/h14H,4-13H2,1-3H3,(H2,17,18,19). The first-order valence-corrected chi connectivity index (χ1v) is 8.53. The number of unbranched alkanes of at least 4 members (excludes halogenated alkanes) is 1. The molecule has 1 aliphatic heterocycles. The predicted molar refractivity (Wildman–Crippen MR) is 90.1 cm³/mol. The van der Waals surface area contributed by atoms with Crippen LogP contribution in [0.5, 0.6) is 0 Å². The summed E-state index contributed by atoms with van der Waals surface area (Å²) in [4.78, 5) is 17.8. The van der Waals surface area contributed by atoms with E-state index >= 15 is 0 Å². The minimum Gasteiger partial charge on any atom is -0.381 e. The number of nitrogens with zero attached hydrogens (tertiary/aromatic N) is 2. The zero-order valence-corrected chi connectivity index (χ0v) is 14.4. The lowest BCUT2D eigenvalue weighted by atomic mass is 10.3. The molecule has 0 radical (unpaired) electrons. The van der Waals surface area contributed by atoms with Crippen molar-refractivity contribution in [3.05, 3.63) is 0 Å². The number of amides is 1. The number of rotatable bonds is 9. The van der Waals surface area contributed by atoms with Crippen molar-refractivity contribution in [1.29, 1.82) is 0 Å². The second-order valence-electron chi connectivity index (χ2n) is 5.64. The normalized spacial score (nSPS) is 18.6. The van der Waals surface area contributed by atoms with Gasteiger partial charge in [0.15, 0.2) is 5.96 Å². The first-order chi connectivity index (χ1) is 10.7. The lowest BCUT2D eigenvalue weighted by Gasteiger charge is -2.18. The molecule has 0 saturated carbocycles. The molecule has 1 heterocycles. The van der Waals surface area contributed by atoms with E-state index < -0.39 is 0 Å². The van der Waals surface area contributed by atoms with Gasteiger partial charge in [-0.3, -0.25) is 9.79 Å². The minimum absolute atomic E-state index is 0.233. The van der Waals surface area contributed by atoms with Gasteiger partial charge in [-0.25, -0.2) is 0 Å². The van der Waals surface area contributed by atoms with E-state index in [1.54, 1.807) is 7.05 Å². The Morgan fingerprint density at radius 3 is 2.77 bits per heavy atom. The number of hydrogen-bond acceptors (Lipinski definition) is 3. The minimum atomic E-state index is 0.233. The Bertz CT molecular complexity index is 347. The highest BCUT2D eigenvalue weighted by Gasteiger charge is 2.25. The van der Waals surface area contributed by atoms with Gasteiger partial charge in [0.1, 0.15) is 0 Å². The maximum Gasteiger partial charge on any atom is 0.222 e. The van der Waals surface area contributed by atoms with Gasteiger partial charge in [-0.15, -0.1) is 0 Å². The summed E-state index contributed by atoms with van der Waals surface area (Å²) in [6.07, 6.45) is 4.83. The largest absolute Gasteiger partial charge is 0.381 e. The van der Waals surface area contributed by atoms with E-state index in [1.807, 2.05) is 11.8 Å². The summed E-state index contributed by atoms with van der Waals surface area (Å²) >= 11 is 0. The first kappa shape index (κ1) is 18.7. The second kappa shape index (κ2) is 11.3. The van der Waals surface area contributed by atoms with Gasteiger partial charge in [0, 0.05) is 52.4 Å². The van der Waals surface area contributed by atoms with Crippen molar-refractivity contribution in [3.8, 4) is 0 Å². The quantitative estimate of drug-likeness (QED) is 0.383. The van der Waals surface area contributed by atoms with Crippen molar-refractivity contribution >= 4 is 11.9 Å². The van der Waals surface area contributed by atoms with E-state index in [2.05, 4.69) is 22.5 Å². The number of carbonyl (C=O) groups is 1. The van der Waals surface area contributed by atoms with Gasteiger partial charge in [-0.2, -0.15) is 0 Å². The molecule has 0 aromatic heterocycles. The van der Waals surface area contributed by atoms with Gasteiger partial charge in [0.25, 0.3) is 0 Å². The van der Waals surface area contributed by atoms with E-state index in [0.717, 1.165) is 58.1 Å². The zero-order chi connectivity index (χ0) is 16.2. The lowest BCUT2D eigenvalue weighted by Crippen LogP contribution is -2.45. The molecule has 6 heteroatoms. The SMILES string of the molecule is CCCCOCCCNC(=NC)NC1CCN(C(=O)CC)C1. The molecule has 1 atom stereocenters. The maximum absolute atomic E-state index is 11.7. The summed E-state index contributed by atoms with van der Waals surface area (Å²) < 4.78 is 5.53. The Morgan fingerprint density at radius 1 is 1.32 bits per heavy atom. The zero-order valence-electron chi connectivity index (χ0n) is 14.4. The summed E-state index contributed by atoms with van der Waals surface area (Å²) in [7, 11) is 1.77. The Kier molecular flexibility index (Phi) is 9.62. The molecule has 0 aliphatic carbocycles. The van der Waals surface area contributed by atoms with Crippen molar-refractivity contribution in [3.63, 3.8) is 0 Å². The van der Waals surface area contributed by atoms with Crippen LogP contribution in [0.2, 0.25) is 0 Å². The highest BCUT2D eigenvalue weighted by molar-refractivity contribution is 5.80. The van der Waals surface area contributed by atoms with Gasteiger partial charge in [-0.1, -0.05) is 20.3 Å². The summed E-state index contributed by atoms with van der Waals surface area (Å²) in [5, 5.41) is 6.69. The fourth-order valence-electron chi connectivity index (χ4n) is 2.45. The van der Waals surface area contributed by atoms with Crippen LogP contribution in [0.3, 0.4) is 0 Å². The highest BCUT2D eigenvalue weighted by atomic mass is 16.5. The monoisotopic (exact) mass is 312 g/mol. The van der Waals surface area contributed by atoms with Crippen LogP contribution in [0.15, 0.2) is 4.99 Å². The van der Waals surface area contributed by atoms with Gasteiger partial charge in [-0.05, 0) is 19.3 Å². The summed E-state index contributed by atoms with van der Waals surface area (Å²) in [5.74, 6) is 1.04. The molecule has 1 fully saturated rings. The van der Waals surface area contributed by atoms with Crippen LogP contribution in [0, 0.1) is 0 Å². The first-order valence-electron chi connectivity index (χ1n) is 8.53. The third-order valence-corrected chi connectivity index (χ3v) is 3.81. The van der Waals surface area contributed by atoms with Crippen LogP contribution < -0.4 is 10.6 Å². The number of guanidine groups is 1. The molecule has 22 heavy (non-hydrogen) atoms. The van der Waals surface area contributed by atoms with Crippen LogP contribution >= 0.6 is 0 Å². The van der Waals surface area contributed by atoms with Gasteiger partial charge >= 0.3 is 0 Å². The molecule has 1 rings (SSSR count). The number of nitrogens with one attached hydrogen (secondary N) is 2. The summed E-state index contributed by atoms with van der Waals surface area (Å²) in [6, 6.07) is 0.294. The molecule has 0 bridgehead atoms. The fourth-order valence-corrected chi connectivity index (χ4v) is 2.45. The van der Waals surface area contributed by atoms with E-state index in [9.17, 15) is 4.79 Å². The van der Waals surface area contributed by atoms with Crippen LogP contribution in [0.25, 0.3) is 0 Å². The molecule has 6 nitrogen and oxygen atoms in total.